The van der Waals surface area contributed by atoms with E-state index in [1.54, 1.807) is 6.92 Å². The van der Waals surface area contributed by atoms with E-state index in [9.17, 15) is 14.0 Å². The van der Waals surface area contributed by atoms with E-state index in [2.05, 4.69) is 28.5 Å². The molecule has 1 unspecified atom stereocenters. The van der Waals surface area contributed by atoms with Gasteiger partial charge in [0.1, 0.15) is 16.7 Å². The van der Waals surface area contributed by atoms with E-state index in [4.69, 9.17) is 0 Å². The number of aromatic nitrogens is 2. The van der Waals surface area contributed by atoms with Gasteiger partial charge in [-0.3, -0.25) is 14.2 Å². The minimum Gasteiger partial charge on any atom is -0.324 e. The minimum absolute atomic E-state index is 0.245. The molecule has 1 atom stereocenters. The topological polar surface area (TPSA) is 64.0 Å². The second-order valence-electron chi connectivity index (χ2n) is 8.15. The van der Waals surface area contributed by atoms with Gasteiger partial charge in [0.25, 0.3) is 5.56 Å². The molecule has 1 N–H and O–H groups in total. The second-order valence-corrected chi connectivity index (χ2v) is 9.01. The van der Waals surface area contributed by atoms with Gasteiger partial charge in [-0.05, 0) is 73.6 Å². The molecule has 0 spiro atoms. The lowest BCUT2D eigenvalue weighted by Gasteiger charge is -2.17. The summed E-state index contributed by atoms with van der Waals surface area (Å²) in [5.41, 5.74) is 4.83. The van der Waals surface area contributed by atoms with Crippen LogP contribution >= 0.6 is 11.3 Å². The van der Waals surface area contributed by atoms with E-state index < -0.39 is 6.04 Å². The third-order valence-electron chi connectivity index (χ3n) is 6.09. The van der Waals surface area contributed by atoms with Gasteiger partial charge in [-0.2, -0.15) is 0 Å². The van der Waals surface area contributed by atoms with Crippen LogP contribution in [0.5, 0.6) is 0 Å². The predicted molar refractivity (Wildman–Crippen MR) is 126 cm³/mol. The Kier molecular flexibility index (Phi) is 5.35. The summed E-state index contributed by atoms with van der Waals surface area (Å²) in [7, 11) is 0. The van der Waals surface area contributed by atoms with E-state index in [1.807, 2.05) is 5.38 Å². The number of thiophene rings is 1. The monoisotopic (exact) mass is 447 g/mol. The maximum Gasteiger partial charge on any atom is 0.263 e. The molecule has 2 aromatic carbocycles. The van der Waals surface area contributed by atoms with Crippen LogP contribution in [0.15, 0.2) is 59.0 Å². The molecule has 1 aliphatic rings. The quantitative estimate of drug-likeness (QED) is 0.459. The molecular formula is C25H22FN3O2S. The van der Waals surface area contributed by atoms with E-state index in [-0.39, 0.29) is 17.3 Å². The number of anilines is 1. The van der Waals surface area contributed by atoms with Crippen LogP contribution in [0, 0.1) is 5.82 Å². The number of carbonyl (C=O) groups excluding carboxylic acids is 1. The molecule has 1 aliphatic carbocycles. The lowest BCUT2D eigenvalue weighted by molar-refractivity contribution is -0.118. The first-order chi connectivity index (χ1) is 15.5. The highest BCUT2D eigenvalue weighted by atomic mass is 32.1. The van der Waals surface area contributed by atoms with Crippen molar-refractivity contribution < 1.29 is 9.18 Å². The summed E-state index contributed by atoms with van der Waals surface area (Å²) in [4.78, 5) is 31.3. The molecule has 5 rings (SSSR count). The fraction of sp³-hybridized carbons (Fsp3) is 0.240. The Bertz CT molecular complexity index is 1370. The number of nitrogens with one attached hydrogen (secondary N) is 1. The van der Waals surface area contributed by atoms with Crippen LogP contribution in [0.1, 0.15) is 36.9 Å². The van der Waals surface area contributed by atoms with Crippen molar-refractivity contribution in [2.45, 2.75) is 38.6 Å². The van der Waals surface area contributed by atoms with Gasteiger partial charge in [-0.1, -0.05) is 18.2 Å². The van der Waals surface area contributed by atoms with Gasteiger partial charge in [-0.25, -0.2) is 9.37 Å². The highest BCUT2D eigenvalue weighted by Gasteiger charge is 2.21. The van der Waals surface area contributed by atoms with Crippen molar-refractivity contribution in [2.75, 3.05) is 5.32 Å². The second kappa shape index (κ2) is 8.31. The van der Waals surface area contributed by atoms with E-state index in [0.717, 1.165) is 24.0 Å². The molecule has 0 saturated heterocycles. The van der Waals surface area contributed by atoms with Crippen molar-refractivity contribution >= 4 is 33.1 Å². The molecule has 2 heterocycles. The van der Waals surface area contributed by atoms with Crippen molar-refractivity contribution in [3.63, 3.8) is 0 Å². The van der Waals surface area contributed by atoms with Gasteiger partial charge in [0.15, 0.2) is 0 Å². The maximum absolute atomic E-state index is 13.4. The van der Waals surface area contributed by atoms with E-state index in [0.29, 0.717) is 15.9 Å². The largest absolute Gasteiger partial charge is 0.324 e. The summed E-state index contributed by atoms with van der Waals surface area (Å²) in [6.07, 6.45) is 6.01. The van der Waals surface area contributed by atoms with Crippen molar-refractivity contribution in [3.8, 4) is 11.1 Å². The molecule has 2 aromatic heterocycles. The Labute approximate surface area is 188 Å². The van der Waals surface area contributed by atoms with Crippen LogP contribution in [-0.4, -0.2) is 15.5 Å². The number of amides is 1. The normalized spacial score (nSPS) is 14.2. The standard InChI is InChI=1S/C25H22FN3O2S/c1-15(23(30)28-20-10-8-19(26)9-11-20)29-14-27-24-22(25(29)31)21(13-32-24)18-7-6-16-4-2-3-5-17(16)12-18/h6-15H,2-5H2,1H3,(H,28,30). The third kappa shape index (κ3) is 3.73. The Balaban J connectivity index is 1.50. The Hall–Kier alpha value is -3.32. The molecular weight excluding hydrogens is 425 g/mol. The average Bonchev–Trinajstić information content (AvgIpc) is 3.25. The summed E-state index contributed by atoms with van der Waals surface area (Å²) in [6.45, 7) is 1.65. The number of nitrogens with zero attached hydrogens (tertiary/aromatic N) is 2. The lowest BCUT2D eigenvalue weighted by atomic mass is 9.89. The number of hydrogen-bond acceptors (Lipinski definition) is 4. The zero-order valence-corrected chi connectivity index (χ0v) is 18.4. The molecule has 32 heavy (non-hydrogen) atoms. The molecule has 162 valence electrons. The van der Waals surface area contributed by atoms with Crippen molar-refractivity contribution in [1.82, 2.24) is 9.55 Å². The summed E-state index contributed by atoms with van der Waals surface area (Å²) in [5.74, 6) is -0.750. The van der Waals surface area contributed by atoms with Crippen LogP contribution in [0.25, 0.3) is 21.3 Å². The lowest BCUT2D eigenvalue weighted by Crippen LogP contribution is -2.31. The number of rotatable bonds is 4. The van der Waals surface area contributed by atoms with Crippen molar-refractivity contribution in [3.05, 3.63) is 81.5 Å². The van der Waals surface area contributed by atoms with Crippen molar-refractivity contribution in [1.29, 1.82) is 0 Å². The van der Waals surface area contributed by atoms with Gasteiger partial charge in [0.05, 0.1) is 11.7 Å². The molecule has 1 amide bonds. The van der Waals surface area contributed by atoms with E-state index in [1.165, 1.54) is 70.5 Å². The molecule has 0 fully saturated rings. The summed E-state index contributed by atoms with van der Waals surface area (Å²) >= 11 is 1.43. The average molecular weight is 448 g/mol. The number of carbonyl (C=O) groups is 1. The van der Waals surface area contributed by atoms with Crippen LogP contribution in [0.3, 0.4) is 0 Å². The van der Waals surface area contributed by atoms with Crippen LogP contribution in [0.4, 0.5) is 10.1 Å². The maximum atomic E-state index is 13.4. The fourth-order valence-corrected chi connectivity index (χ4v) is 5.15. The number of aryl methyl sites for hydroxylation is 2. The molecule has 4 aromatic rings. The van der Waals surface area contributed by atoms with Crippen molar-refractivity contribution in [2.24, 2.45) is 0 Å². The SMILES string of the molecule is CC(C(=O)Nc1ccc(F)cc1)n1cnc2scc(-c3ccc4c(c3)CCCC4)c2c1=O. The number of fused-ring (bicyclic) bond motifs is 2. The zero-order valence-electron chi connectivity index (χ0n) is 17.6. The number of benzene rings is 2. The first kappa shape index (κ1) is 20.6. The molecule has 5 nitrogen and oxygen atoms in total. The van der Waals surface area contributed by atoms with Gasteiger partial charge < -0.3 is 5.32 Å². The van der Waals surface area contributed by atoms with Crippen LogP contribution in [-0.2, 0) is 17.6 Å². The fourth-order valence-electron chi connectivity index (χ4n) is 4.24. The smallest absolute Gasteiger partial charge is 0.263 e. The Morgan fingerprint density at radius 2 is 1.88 bits per heavy atom. The Morgan fingerprint density at radius 3 is 2.66 bits per heavy atom. The Morgan fingerprint density at radius 1 is 1.12 bits per heavy atom. The van der Waals surface area contributed by atoms with Crippen LogP contribution < -0.4 is 10.9 Å². The van der Waals surface area contributed by atoms with Gasteiger partial charge in [-0.15, -0.1) is 11.3 Å². The minimum atomic E-state index is -0.777. The van der Waals surface area contributed by atoms with Gasteiger partial charge in [0, 0.05) is 16.6 Å². The van der Waals surface area contributed by atoms with E-state index >= 15 is 0 Å². The van der Waals surface area contributed by atoms with Gasteiger partial charge >= 0.3 is 0 Å². The molecule has 7 heteroatoms. The molecule has 0 saturated carbocycles. The number of halogens is 1. The molecule has 0 bridgehead atoms. The zero-order chi connectivity index (χ0) is 22.2. The molecule has 0 radical (unpaired) electrons. The predicted octanol–water partition coefficient (Wildman–Crippen LogP) is 5.34. The highest BCUT2D eigenvalue weighted by molar-refractivity contribution is 7.17. The molecule has 0 aliphatic heterocycles. The van der Waals surface area contributed by atoms with Gasteiger partial charge in [0.2, 0.25) is 5.91 Å². The summed E-state index contributed by atoms with van der Waals surface area (Å²) < 4.78 is 14.5. The highest BCUT2D eigenvalue weighted by Crippen LogP contribution is 2.33. The summed E-state index contributed by atoms with van der Waals surface area (Å²) in [5, 5.41) is 5.23. The third-order valence-corrected chi connectivity index (χ3v) is 6.97. The summed E-state index contributed by atoms with van der Waals surface area (Å²) in [6, 6.07) is 11.2. The number of hydrogen-bond donors (Lipinski definition) is 1. The first-order valence-electron chi connectivity index (χ1n) is 10.7. The van der Waals surface area contributed by atoms with Crippen LogP contribution in [0.2, 0.25) is 0 Å². The first-order valence-corrected chi connectivity index (χ1v) is 11.6.